The predicted octanol–water partition coefficient (Wildman–Crippen LogP) is 1.44. The zero-order valence-corrected chi connectivity index (χ0v) is 13.1. The topological polar surface area (TPSA) is 56.4 Å². The van der Waals surface area contributed by atoms with Crippen molar-refractivity contribution in [3.63, 3.8) is 0 Å². The van der Waals surface area contributed by atoms with E-state index in [1.807, 2.05) is 0 Å². The lowest BCUT2D eigenvalue weighted by Crippen LogP contribution is -2.51. The van der Waals surface area contributed by atoms with E-state index < -0.39 is 0 Å². The molecule has 21 heavy (non-hydrogen) atoms. The van der Waals surface area contributed by atoms with Crippen molar-refractivity contribution in [2.24, 2.45) is 0 Å². The highest BCUT2D eigenvalue weighted by Crippen LogP contribution is 2.32. The van der Waals surface area contributed by atoms with Crippen LogP contribution in [0.2, 0.25) is 0 Å². The minimum absolute atomic E-state index is 0.0185. The molecule has 2 heterocycles. The third kappa shape index (κ3) is 4.58. The van der Waals surface area contributed by atoms with Crippen molar-refractivity contribution in [3.8, 4) is 0 Å². The number of hydrogen-bond acceptors (Lipinski definition) is 3. The highest BCUT2D eigenvalue weighted by molar-refractivity contribution is 5.74. The van der Waals surface area contributed by atoms with Gasteiger partial charge in [-0.25, -0.2) is 4.79 Å². The number of rotatable bonds is 4. The Bertz CT molecular complexity index is 337. The van der Waals surface area contributed by atoms with Crippen molar-refractivity contribution in [2.45, 2.75) is 69.5 Å². The van der Waals surface area contributed by atoms with E-state index in [1.165, 1.54) is 51.5 Å². The van der Waals surface area contributed by atoms with Crippen LogP contribution in [0.1, 0.15) is 51.4 Å². The van der Waals surface area contributed by atoms with Gasteiger partial charge in [-0.1, -0.05) is 12.8 Å². The predicted molar refractivity (Wildman–Crippen MR) is 84.4 cm³/mol. The van der Waals surface area contributed by atoms with Crippen LogP contribution < -0.4 is 16.0 Å². The molecule has 2 amide bonds. The summed E-state index contributed by atoms with van der Waals surface area (Å²) in [6.07, 6.45) is 10.1. The number of urea groups is 1. The van der Waals surface area contributed by atoms with Gasteiger partial charge in [0.1, 0.15) is 0 Å². The van der Waals surface area contributed by atoms with Crippen molar-refractivity contribution in [1.29, 1.82) is 0 Å². The standard InChI is InChI=1S/C16H30N4O/c21-16(19-13-5-1-3-9-17-11-13)18-12-15-6-2-4-10-20(15)14-7-8-14/h13-15,17H,1-12H2,(H2,18,19,21). The van der Waals surface area contributed by atoms with E-state index in [0.717, 1.165) is 32.1 Å². The van der Waals surface area contributed by atoms with Gasteiger partial charge < -0.3 is 16.0 Å². The maximum atomic E-state index is 12.1. The third-order valence-corrected chi connectivity index (χ3v) is 5.07. The van der Waals surface area contributed by atoms with Crippen LogP contribution in [0.5, 0.6) is 0 Å². The van der Waals surface area contributed by atoms with Crippen LogP contribution in [0.25, 0.3) is 0 Å². The summed E-state index contributed by atoms with van der Waals surface area (Å²) in [5, 5.41) is 9.63. The molecule has 2 saturated heterocycles. The minimum atomic E-state index is 0.0185. The van der Waals surface area contributed by atoms with Crippen molar-refractivity contribution in [3.05, 3.63) is 0 Å². The van der Waals surface area contributed by atoms with Gasteiger partial charge in [0.2, 0.25) is 0 Å². The normalized spacial score (nSPS) is 31.4. The lowest BCUT2D eigenvalue weighted by molar-refractivity contribution is 0.137. The Hall–Kier alpha value is -0.810. The van der Waals surface area contributed by atoms with Crippen molar-refractivity contribution < 1.29 is 4.79 Å². The van der Waals surface area contributed by atoms with E-state index in [-0.39, 0.29) is 6.03 Å². The average Bonchev–Trinajstić information content (AvgIpc) is 3.33. The number of amides is 2. The van der Waals surface area contributed by atoms with Gasteiger partial charge >= 0.3 is 6.03 Å². The highest BCUT2D eigenvalue weighted by atomic mass is 16.2. The molecule has 3 aliphatic rings. The largest absolute Gasteiger partial charge is 0.337 e. The molecule has 2 aliphatic heterocycles. The summed E-state index contributed by atoms with van der Waals surface area (Å²) in [6, 6.07) is 1.68. The summed E-state index contributed by atoms with van der Waals surface area (Å²) in [5.41, 5.74) is 0. The molecule has 1 saturated carbocycles. The van der Waals surface area contributed by atoms with E-state index in [9.17, 15) is 4.79 Å². The molecule has 1 aliphatic carbocycles. The molecule has 5 heteroatoms. The second-order valence-corrected chi connectivity index (χ2v) is 6.87. The Morgan fingerprint density at radius 2 is 1.95 bits per heavy atom. The molecule has 120 valence electrons. The van der Waals surface area contributed by atoms with Gasteiger partial charge in [-0.3, -0.25) is 4.90 Å². The molecule has 3 N–H and O–H groups in total. The quantitative estimate of drug-likeness (QED) is 0.735. The van der Waals surface area contributed by atoms with Crippen LogP contribution >= 0.6 is 0 Å². The number of piperidine rings is 1. The Morgan fingerprint density at radius 3 is 2.81 bits per heavy atom. The molecule has 0 bridgehead atoms. The number of nitrogens with zero attached hydrogens (tertiary/aromatic N) is 1. The fourth-order valence-electron chi connectivity index (χ4n) is 3.72. The number of nitrogens with one attached hydrogen (secondary N) is 3. The molecule has 2 atom stereocenters. The van der Waals surface area contributed by atoms with Crippen LogP contribution in [0.15, 0.2) is 0 Å². The molecule has 3 rings (SSSR count). The first-order valence-electron chi connectivity index (χ1n) is 8.84. The van der Waals surface area contributed by atoms with Gasteiger partial charge in [0.25, 0.3) is 0 Å². The van der Waals surface area contributed by atoms with Crippen LogP contribution in [0.4, 0.5) is 4.79 Å². The average molecular weight is 294 g/mol. The first-order valence-corrected chi connectivity index (χ1v) is 8.84. The zero-order chi connectivity index (χ0) is 14.5. The Kier molecular flexibility index (Phi) is 5.36. The molecule has 0 aromatic carbocycles. The van der Waals surface area contributed by atoms with E-state index in [2.05, 4.69) is 20.9 Å². The van der Waals surface area contributed by atoms with Gasteiger partial charge in [-0.2, -0.15) is 0 Å². The summed E-state index contributed by atoms with van der Waals surface area (Å²) in [5.74, 6) is 0. The molecule has 0 aromatic heterocycles. The maximum Gasteiger partial charge on any atom is 0.315 e. The molecule has 0 radical (unpaired) electrons. The van der Waals surface area contributed by atoms with Crippen LogP contribution in [-0.4, -0.2) is 55.2 Å². The minimum Gasteiger partial charge on any atom is -0.337 e. The molecule has 3 fully saturated rings. The monoisotopic (exact) mass is 294 g/mol. The fourth-order valence-corrected chi connectivity index (χ4v) is 3.72. The lowest BCUT2D eigenvalue weighted by atomic mass is 10.0. The van der Waals surface area contributed by atoms with Crippen molar-refractivity contribution >= 4 is 6.03 Å². The van der Waals surface area contributed by atoms with Gasteiger partial charge in [0.05, 0.1) is 0 Å². The SMILES string of the molecule is O=C(NCC1CCCCN1C1CC1)NC1CCCCNC1. The smallest absolute Gasteiger partial charge is 0.315 e. The van der Waals surface area contributed by atoms with E-state index >= 15 is 0 Å². The van der Waals surface area contributed by atoms with Gasteiger partial charge in [0.15, 0.2) is 0 Å². The number of carbonyl (C=O) groups is 1. The zero-order valence-electron chi connectivity index (χ0n) is 13.1. The first-order chi connectivity index (χ1) is 10.3. The summed E-state index contributed by atoms with van der Waals surface area (Å²) < 4.78 is 0. The van der Waals surface area contributed by atoms with Gasteiger partial charge in [0, 0.05) is 31.2 Å². The van der Waals surface area contributed by atoms with E-state index in [0.29, 0.717) is 12.1 Å². The van der Waals surface area contributed by atoms with Crippen molar-refractivity contribution in [1.82, 2.24) is 20.9 Å². The molecule has 0 spiro atoms. The van der Waals surface area contributed by atoms with E-state index in [1.54, 1.807) is 0 Å². The van der Waals surface area contributed by atoms with Gasteiger partial charge in [-0.15, -0.1) is 0 Å². The van der Waals surface area contributed by atoms with Crippen LogP contribution in [0, 0.1) is 0 Å². The number of hydrogen-bond donors (Lipinski definition) is 3. The molecular weight excluding hydrogens is 264 g/mol. The second-order valence-electron chi connectivity index (χ2n) is 6.87. The second kappa shape index (κ2) is 7.45. The first kappa shape index (κ1) is 15.1. The number of carbonyl (C=O) groups excluding carboxylic acids is 1. The Balaban J connectivity index is 1.39. The Morgan fingerprint density at radius 1 is 1.10 bits per heavy atom. The van der Waals surface area contributed by atoms with Crippen molar-refractivity contribution in [2.75, 3.05) is 26.2 Å². The summed E-state index contributed by atoms with van der Waals surface area (Å²) in [6.45, 7) is 4.02. The summed E-state index contributed by atoms with van der Waals surface area (Å²) in [4.78, 5) is 14.7. The number of likely N-dealkylation sites (tertiary alicyclic amines) is 1. The molecule has 2 unspecified atom stereocenters. The summed E-state index contributed by atoms with van der Waals surface area (Å²) >= 11 is 0. The molecule has 5 nitrogen and oxygen atoms in total. The Labute approximate surface area is 128 Å². The molecule has 0 aromatic rings. The van der Waals surface area contributed by atoms with Crippen LogP contribution in [0.3, 0.4) is 0 Å². The maximum absolute atomic E-state index is 12.1. The molecular formula is C16H30N4O. The third-order valence-electron chi connectivity index (χ3n) is 5.07. The van der Waals surface area contributed by atoms with E-state index in [4.69, 9.17) is 0 Å². The highest BCUT2D eigenvalue weighted by Gasteiger charge is 2.35. The van der Waals surface area contributed by atoms with Gasteiger partial charge in [-0.05, 0) is 51.6 Å². The summed E-state index contributed by atoms with van der Waals surface area (Å²) in [7, 11) is 0. The fraction of sp³-hybridized carbons (Fsp3) is 0.938. The van der Waals surface area contributed by atoms with Crippen LogP contribution in [-0.2, 0) is 0 Å². The lowest BCUT2D eigenvalue weighted by Gasteiger charge is -2.36.